The third-order valence-corrected chi connectivity index (χ3v) is 5.30. The quantitative estimate of drug-likeness (QED) is 0.635. The zero-order valence-corrected chi connectivity index (χ0v) is 17.6. The van der Waals surface area contributed by atoms with E-state index in [1.807, 2.05) is 43.0 Å². The van der Waals surface area contributed by atoms with Crippen molar-refractivity contribution in [1.82, 2.24) is 25.0 Å². The summed E-state index contributed by atoms with van der Waals surface area (Å²) in [6, 6.07) is 7.41. The molecule has 9 heteroatoms. The van der Waals surface area contributed by atoms with E-state index in [9.17, 15) is 4.79 Å². The number of likely N-dealkylation sites (tertiary alicyclic amines) is 1. The predicted octanol–water partition coefficient (Wildman–Crippen LogP) is 4.02. The first kappa shape index (κ1) is 20.3. The van der Waals surface area contributed by atoms with E-state index in [4.69, 9.17) is 16.1 Å². The molecule has 0 unspecified atom stereocenters. The summed E-state index contributed by atoms with van der Waals surface area (Å²) in [6.45, 7) is 5.26. The highest BCUT2D eigenvalue weighted by molar-refractivity contribution is 6.30. The third kappa shape index (κ3) is 4.28. The fourth-order valence-electron chi connectivity index (χ4n) is 3.52. The number of carbonyl (C=O) groups is 1. The number of benzene rings is 1. The van der Waals surface area contributed by atoms with Gasteiger partial charge in [-0.05, 0) is 25.0 Å². The van der Waals surface area contributed by atoms with Gasteiger partial charge in [0.05, 0.1) is 28.5 Å². The minimum absolute atomic E-state index is 0.0405. The van der Waals surface area contributed by atoms with Crippen LogP contribution in [-0.2, 0) is 0 Å². The Kier molecular flexibility index (Phi) is 5.94. The van der Waals surface area contributed by atoms with Crippen molar-refractivity contribution in [3.05, 3.63) is 53.1 Å². The number of amides is 1. The van der Waals surface area contributed by atoms with Gasteiger partial charge in [0.1, 0.15) is 0 Å². The minimum atomic E-state index is -0.0452. The zero-order valence-electron chi connectivity index (χ0n) is 16.9. The molecule has 1 N–H and O–H groups in total. The standard InChI is InChI=1S/C21H23ClN6O2/c1-13(2)18-26-19(30-27-18)16-7-3-4-8-17(16)20(29)28-9-5-6-15(28)12-25-21-23-10-14(22)11-24-21/h3-4,7-8,10-11,13,15H,5-6,9,12H2,1-2H3,(H,23,24,25)/t15-/m0/s1. The fraction of sp³-hybridized carbons (Fsp3) is 0.381. The summed E-state index contributed by atoms with van der Waals surface area (Å²) >= 11 is 5.83. The smallest absolute Gasteiger partial charge is 0.258 e. The Labute approximate surface area is 179 Å². The number of halogens is 1. The van der Waals surface area contributed by atoms with Crippen LogP contribution in [0.4, 0.5) is 5.95 Å². The van der Waals surface area contributed by atoms with Gasteiger partial charge in [-0.3, -0.25) is 4.79 Å². The number of hydrogen-bond donors (Lipinski definition) is 1. The molecule has 1 atom stereocenters. The summed E-state index contributed by atoms with van der Waals surface area (Å²) in [4.78, 5) is 28.1. The second-order valence-corrected chi connectivity index (χ2v) is 7.99. The second-order valence-electron chi connectivity index (χ2n) is 7.56. The van der Waals surface area contributed by atoms with E-state index in [2.05, 4.69) is 25.4 Å². The molecular weight excluding hydrogens is 404 g/mol. The van der Waals surface area contributed by atoms with Crippen molar-refractivity contribution in [3.63, 3.8) is 0 Å². The van der Waals surface area contributed by atoms with Crippen molar-refractivity contribution in [2.45, 2.75) is 38.6 Å². The average Bonchev–Trinajstić information content (AvgIpc) is 3.43. The molecule has 0 aliphatic carbocycles. The van der Waals surface area contributed by atoms with Gasteiger partial charge < -0.3 is 14.7 Å². The Morgan fingerprint density at radius 2 is 2.07 bits per heavy atom. The van der Waals surface area contributed by atoms with Crippen LogP contribution in [-0.4, -0.2) is 50.0 Å². The number of rotatable bonds is 6. The lowest BCUT2D eigenvalue weighted by Gasteiger charge is -2.25. The summed E-state index contributed by atoms with van der Waals surface area (Å²) in [5.74, 6) is 1.58. The van der Waals surface area contributed by atoms with Crippen LogP contribution >= 0.6 is 11.6 Å². The van der Waals surface area contributed by atoms with Gasteiger partial charge in [-0.15, -0.1) is 0 Å². The lowest BCUT2D eigenvalue weighted by Crippen LogP contribution is -2.40. The number of anilines is 1. The minimum Gasteiger partial charge on any atom is -0.352 e. The summed E-state index contributed by atoms with van der Waals surface area (Å²) in [7, 11) is 0. The van der Waals surface area contributed by atoms with E-state index < -0.39 is 0 Å². The van der Waals surface area contributed by atoms with E-state index >= 15 is 0 Å². The van der Waals surface area contributed by atoms with Crippen LogP contribution in [0.3, 0.4) is 0 Å². The highest BCUT2D eigenvalue weighted by atomic mass is 35.5. The van der Waals surface area contributed by atoms with Crippen molar-refractivity contribution in [2.75, 3.05) is 18.4 Å². The van der Waals surface area contributed by atoms with Crippen molar-refractivity contribution in [3.8, 4) is 11.5 Å². The molecule has 0 spiro atoms. The molecule has 4 rings (SSSR count). The normalized spacial score (nSPS) is 16.3. The molecule has 1 saturated heterocycles. The summed E-state index contributed by atoms with van der Waals surface area (Å²) in [6.07, 6.45) is 4.94. The van der Waals surface area contributed by atoms with Gasteiger partial charge >= 0.3 is 0 Å². The van der Waals surface area contributed by atoms with Crippen LogP contribution < -0.4 is 5.32 Å². The molecule has 3 aromatic rings. The van der Waals surface area contributed by atoms with Gasteiger partial charge in [0.15, 0.2) is 5.82 Å². The molecule has 30 heavy (non-hydrogen) atoms. The molecule has 0 radical (unpaired) electrons. The number of nitrogens with one attached hydrogen (secondary N) is 1. The van der Waals surface area contributed by atoms with Crippen molar-refractivity contribution >= 4 is 23.5 Å². The van der Waals surface area contributed by atoms with Crippen LogP contribution in [0.2, 0.25) is 5.02 Å². The van der Waals surface area contributed by atoms with Crippen LogP contribution in [0.25, 0.3) is 11.5 Å². The van der Waals surface area contributed by atoms with E-state index in [1.54, 1.807) is 12.4 Å². The summed E-state index contributed by atoms with van der Waals surface area (Å²) in [5, 5.41) is 7.71. The van der Waals surface area contributed by atoms with Crippen LogP contribution in [0.15, 0.2) is 41.2 Å². The molecule has 0 bridgehead atoms. The zero-order chi connectivity index (χ0) is 21.1. The molecule has 1 aliphatic heterocycles. The number of carbonyl (C=O) groups excluding carboxylic acids is 1. The van der Waals surface area contributed by atoms with Crippen molar-refractivity contribution in [2.24, 2.45) is 0 Å². The lowest BCUT2D eigenvalue weighted by molar-refractivity contribution is 0.0744. The maximum atomic E-state index is 13.4. The van der Waals surface area contributed by atoms with Gasteiger partial charge in [0.2, 0.25) is 5.95 Å². The molecule has 8 nitrogen and oxygen atoms in total. The van der Waals surface area contributed by atoms with Crippen LogP contribution in [0.5, 0.6) is 0 Å². The Bertz CT molecular complexity index is 1020. The van der Waals surface area contributed by atoms with Gasteiger partial charge in [0, 0.05) is 25.0 Å². The Morgan fingerprint density at radius 1 is 1.30 bits per heavy atom. The fourth-order valence-corrected chi connectivity index (χ4v) is 3.62. The highest BCUT2D eigenvalue weighted by Crippen LogP contribution is 2.27. The molecule has 0 saturated carbocycles. The topological polar surface area (TPSA) is 97.0 Å². The monoisotopic (exact) mass is 426 g/mol. The molecule has 1 aromatic carbocycles. The SMILES string of the molecule is CC(C)c1noc(-c2ccccc2C(=O)N2CCC[C@H]2CNc2ncc(Cl)cn2)n1. The first-order valence-corrected chi connectivity index (χ1v) is 10.4. The average molecular weight is 427 g/mol. The Morgan fingerprint density at radius 3 is 2.80 bits per heavy atom. The summed E-state index contributed by atoms with van der Waals surface area (Å²) in [5.41, 5.74) is 1.22. The van der Waals surface area contributed by atoms with Gasteiger partial charge in [-0.2, -0.15) is 4.98 Å². The predicted molar refractivity (Wildman–Crippen MR) is 113 cm³/mol. The molecule has 1 fully saturated rings. The van der Waals surface area contributed by atoms with E-state index in [-0.39, 0.29) is 17.9 Å². The van der Waals surface area contributed by atoms with Crippen molar-refractivity contribution < 1.29 is 9.32 Å². The van der Waals surface area contributed by atoms with E-state index in [0.717, 1.165) is 12.8 Å². The molecular formula is C21H23ClN6O2. The van der Waals surface area contributed by atoms with Gasteiger partial charge in [-0.1, -0.05) is 42.7 Å². The third-order valence-electron chi connectivity index (χ3n) is 5.10. The Hall–Kier alpha value is -3.00. The highest BCUT2D eigenvalue weighted by Gasteiger charge is 2.31. The van der Waals surface area contributed by atoms with E-state index in [1.165, 1.54) is 0 Å². The van der Waals surface area contributed by atoms with E-state index in [0.29, 0.717) is 46.9 Å². The molecule has 2 aromatic heterocycles. The number of hydrogen-bond acceptors (Lipinski definition) is 7. The van der Waals surface area contributed by atoms with Gasteiger partial charge in [0.25, 0.3) is 11.8 Å². The van der Waals surface area contributed by atoms with Crippen LogP contribution in [0, 0.1) is 0 Å². The Balaban J connectivity index is 1.52. The molecule has 1 aliphatic rings. The molecule has 3 heterocycles. The largest absolute Gasteiger partial charge is 0.352 e. The molecule has 156 valence electrons. The maximum absolute atomic E-state index is 13.4. The van der Waals surface area contributed by atoms with Crippen LogP contribution in [0.1, 0.15) is 48.8 Å². The second kappa shape index (κ2) is 8.79. The van der Waals surface area contributed by atoms with Crippen molar-refractivity contribution in [1.29, 1.82) is 0 Å². The summed E-state index contributed by atoms with van der Waals surface area (Å²) < 4.78 is 5.44. The number of nitrogens with zero attached hydrogens (tertiary/aromatic N) is 5. The maximum Gasteiger partial charge on any atom is 0.258 e. The van der Waals surface area contributed by atoms with Gasteiger partial charge in [-0.25, -0.2) is 9.97 Å². The molecule has 1 amide bonds. The first-order chi connectivity index (χ1) is 14.5. The number of aromatic nitrogens is 4. The first-order valence-electron chi connectivity index (χ1n) is 9.98. The lowest BCUT2D eigenvalue weighted by atomic mass is 10.1.